The topological polar surface area (TPSA) is 56.3 Å². The third kappa shape index (κ3) is 4.43. The molecule has 6 heteroatoms. The zero-order valence-electron chi connectivity index (χ0n) is 14.5. The Morgan fingerprint density at radius 1 is 1.00 bits per heavy atom. The molecule has 2 N–H and O–H groups in total. The van der Waals surface area contributed by atoms with Crippen LogP contribution in [0.5, 0.6) is 0 Å². The van der Waals surface area contributed by atoms with E-state index in [9.17, 15) is 0 Å². The van der Waals surface area contributed by atoms with Crippen LogP contribution in [0.4, 0.5) is 17.3 Å². The molecule has 0 spiro atoms. The first-order chi connectivity index (χ1) is 11.8. The van der Waals surface area contributed by atoms with Gasteiger partial charge in [0.05, 0.1) is 0 Å². The molecule has 1 aliphatic rings. The highest BCUT2D eigenvalue weighted by molar-refractivity contribution is 5.59. The number of nitrogens with one attached hydrogen (secondary N) is 2. The van der Waals surface area contributed by atoms with Crippen LogP contribution in [0.3, 0.4) is 0 Å². The number of piperazine rings is 1. The van der Waals surface area contributed by atoms with Crippen molar-refractivity contribution in [1.82, 2.24) is 19.8 Å². The molecule has 2 aromatic rings. The van der Waals surface area contributed by atoms with Crippen LogP contribution in [-0.4, -0.2) is 59.5 Å². The summed E-state index contributed by atoms with van der Waals surface area (Å²) in [4.78, 5) is 13.4. The maximum Gasteiger partial charge on any atom is 0.135 e. The molecular weight excluding hydrogens is 300 g/mol. The lowest BCUT2D eigenvalue weighted by molar-refractivity contribution is 0.132. The van der Waals surface area contributed by atoms with Gasteiger partial charge in [-0.05, 0) is 24.2 Å². The van der Waals surface area contributed by atoms with Gasteiger partial charge in [0.2, 0.25) is 0 Å². The number of benzene rings is 1. The summed E-state index contributed by atoms with van der Waals surface area (Å²) in [6, 6.07) is 10.5. The zero-order chi connectivity index (χ0) is 16.8. The molecule has 1 saturated heterocycles. The van der Waals surface area contributed by atoms with Gasteiger partial charge in [-0.3, -0.25) is 4.90 Å². The molecule has 1 aromatic carbocycles. The number of rotatable bonds is 6. The molecule has 6 nitrogen and oxygen atoms in total. The molecule has 1 fully saturated rings. The van der Waals surface area contributed by atoms with E-state index in [4.69, 9.17) is 0 Å². The summed E-state index contributed by atoms with van der Waals surface area (Å²) in [7, 11) is 1.85. The van der Waals surface area contributed by atoms with Crippen molar-refractivity contribution in [1.29, 1.82) is 0 Å². The van der Waals surface area contributed by atoms with E-state index in [0.717, 1.165) is 43.5 Å². The fourth-order valence-electron chi connectivity index (χ4n) is 2.98. The summed E-state index contributed by atoms with van der Waals surface area (Å²) in [5, 5.41) is 6.38. The summed E-state index contributed by atoms with van der Waals surface area (Å²) in [6.45, 7) is 9.01. The Morgan fingerprint density at radius 2 is 1.75 bits per heavy atom. The van der Waals surface area contributed by atoms with Gasteiger partial charge in [0.25, 0.3) is 0 Å². The highest BCUT2D eigenvalue weighted by atomic mass is 15.3. The lowest BCUT2D eigenvalue weighted by Gasteiger charge is -2.34. The van der Waals surface area contributed by atoms with Crippen LogP contribution in [0, 0.1) is 0 Å². The average molecular weight is 326 g/mol. The van der Waals surface area contributed by atoms with Gasteiger partial charge < -0.3 is 15.5 Å². The molecule has 24 heavy (non-hydrogen) atoms. The van der Waals surface area contributed by atoms with Crippen LogP contribution < -0.4 is 10.6 Å². The monoisotopic (exact) mass is 326 g/mol. The van der Waals surface area contributed by atoms with Gasteiger partial charge in [-0.2, -0.15) is 0 Å². The molecule has 3 rings (SSSR count). The molecule has 0 unspecified atom stereocenters. The molecule has 0 amide bonds. The van der Waals surface area contributed by atoms with E-state index in [-0.39, 0.29) is 0 Å². The van der Waals surface area contributed by atoms with E-state index in [1.54, 1.807) is 6.33 Å². The van der Waals surface area contributed by atoms with Gasteiger partial charge in [-0.15, -0.1) is 0 Å². The molecule has 0 bridgehead atoms. The summed E-state index contributed by atoms with van der Waals surface area (Å²) in [6.07, 6.45) is 1.56. The summed E-state index contributed by atoms with van der Waals surface area (Å²) >= 11 is 0. The first-order valence-corrected chi connectivity index (χ1v) is 8.57. The van der Waals surface area contributed by atoms with Crippen molar-refractivity contribution < 1.29 is 0 Å². The first-order valence-electron chi connectivity index (χ1n) is 8.57. The number of anilines is 3. The van der Waals surface area contributed by atoms with Gasteiger partial charge in [-0.25, -0.2) is 9.97 Å². The first kappa shape index (κ1) is 16.7. The number of likely N-dealkylation sites (N-methyl/N-ethyl adjacent to an activating group) is 1. The highest BCUT2D eigenvalue weighted by Crippen LogP contribution is 2.18. The normalized spacial score (nSPS) is 16.1. The second-order valence-electron chi connectivity index (χ2n) is 6.07. The number of aromatic nitrogens is 2. The van der Waals surface area contributed by atoms with Crippen molar-refractivity contribution >= 4 is 17.3 Å². The smallest absolute Gasteiger partial charge is 0.135 e. The standard InChI is InChI=1S/C18H26N6/c1-3-23-7-9-24(10-8-23)13-15-5-4-6-16(11-15)22-18-12-17(19-2)20-14-21-18/h4-6,11-12,14H,3,7-10,13H2,1-2H3,(H2,19,20,21,22). The molecule has 128 valence electrons. The van der Waals surface area contributed by atoms with Crippen LogP contribution in [0.25, 0.3) is 0 Å². The minimum atomic E-state index is 0.795. The summed E-state index contributed by atoms with van der Waals surface area (Å²) in [5.74, 6) is 1.60. The van der Waals surface area contributed by atoms with Crippen LogP contribution in [0.1, 0.15) is 12.5 Å². The predicted molar refractivity (Wildman–Crippen MR) is 98.7 cm³/mol. The maximum atomic E-state index is 4.27. The van der Waals surface area contributed by atoms with Crippen LogP contribution >= 0.6 is 0 Å². The molecule has 0 aliphatic carbocycles. The van der Waals surface area contributed by atoms with E-state index in [1.807, 2.05) is 13.1 Å². The third-order valence-corrected chi connectivity index (χ3v) is 4.44. The molecule has 2 heterocycles. The van der Waals surface area contributed by atoms with Crippen molar-refractivity contribution in [2.24, 2.45) is 0 Å². The van der Waals surface area contributed by atoms with Crippen molar-refractivity contribution in [3.8, 4) is 0 Å². The van der Waals surface area contributed by atoms with Crippen LogP contribution in [0.15, 0.2) is 36.7 Å². The lowest BCUT2D eigenvalue weighted by Crippen LogP contribution is -2.45. The number of hydrogen-bond acceptors (Lipinski definition) is 6. The van der Waals surface area contributed by atoms with Crippen LogP contribution in [-0.2, 0) is 6.54 Å². The van der Waals surface area contributed by atoms with Crippen molar-refractivity contribution in [2.75, 3.05) is 50.4 Å². The molecule has 0 radical (unpaired) electrons. The van der Waals surface area contributed by atoms with Crippen molar-refractivity contribution in [3.63, 3.8) is 0 Å². The second-order valence-corrected chi connectivity index (χ2v) is 6.07. The Labute approximate surface area is 143 Å². The van der Waals surface area contributed by atoms with E-state index in [1.165, 1.54) is 18.7 Å². The Morgan fingerprint density at radius 3 is 2.50 bits per heavy atom. The second kappa shape index (κ2) is 8.08. The maximum absolute atomic E-state index is 4.27. The Balaban J connectivity index is 1.61. The summed E-state index contributed by atoms with van der Waals surface area (Å²) in [5.41, 5.74) is 2.38. The van der Waals surface area contributed by atoms with E-state index in [0.29, 0.717) is 0 Å². The Kier molecular flexibility index (Phi) is 5.61. The quantitative estimate of drug-likeness (QED) is 0.850. The van der Waals surface area contributed by atoms with Gasteiger partial charge in [0.15, 0.2) is 0 Å². The number of hydrogen-bond donors (Lipinski definition) is 2. The Hall–Kier alpha value is -2.18. The van der Waals surface area contributed by atoms with Crippen LogP contribution in [0.2, 0.25) is 0 Å². The molecule has 0 saturated carbocycles. The fraction of sp³-hybridized carbons (Fsp3) is 0.444. The highest BCUT2D eigenvalue weighted by Gasteiger charge is 2.15. The largest absolute Gasteiger partial charge is 0.373 e. The van der Waals surface area contributed by atoms with Gasteiger partial charge in [-0.1, -0.05) is 19.1 Å². The van der Waals surface area contributed by atoms with Gasteiger partial charge in [0.1, 0.15) is 18.0 Å². The predicted octanol–water partition coefficient (Wildman–Crippen LogP) is 2.40. The Bertz CT molecular complexity index is 651. The molecule has 0 atom stereocenters. The SMILES string of the molecule is CCN1CCN(Cc2cccc(Nc3cc(NC)ncn3)c2)CC1. The molecule has 1 aliphatic heterocycles. The van der Waals surface area contributed by atoms with E-state index < -0.39 is 0 Å². The van der Waals surface area contributed by atoms with Gasteiger partial charge in [0, 0.05) is 51.5 Å². The zero-order valence-corrected chi connectivity index (χ0v) is 14.5. The number of nitrogens with zero attached hydrogens (tertiary/aromatic N) is 4. The van der Waals surface area contributed by atoms with Crippen molar-refractivity contribution in [3.05, 3.63) is 42.2 Å². The van der Waals surface area contributed by atoms with Gasteiger partial charge >= 0.3 is 0 Å². The molecule has 1 aromatic heterocycles. The van der Waals surface area contributed by atoms with Crippen molar-refractivity contribution in [2.45, 2.75) is 13.5 Å². The molecular formula is C18H26N6. The summed E-state index contributed by atoms with van der Waals surface area (Å²) < 4.78 is 0. The minimum Gasteiger partial charge on any atom is -0.373 e. The van der Waals surface area contributed by atoms with E-state index >= 15 is 0 Å². The lowest BCUT2D eigenvalue weighted by atomic mass is 10.1. The third-order valence-electron chi connectivity index (χ3n) is 4.44. The van der Waals surface area contributed by atoms with E-state index in [2.05, 4.69) is 61.6 Å². The fourth-order valence-corrected chi connectivity index (χ4v) is 2.98. The average Bonchev–Trinajstić information content (AvgIpc) is 2.63. The minimum absolute atomic E-state index is 0.795.